The van der Waals surface area contributed by atoms with Crippen molar-refractivity contribution in [2.45, 2.75) is 5.41 Å². The van der Waals surface area contributed by atoms with Crippen molar-refractivity contribution in [3.63, 3.8) is 0 Å². The monoisotopic (exact) mass is 424 g/mol. The minimum Gasteiger partial charge on any atom is -0.289 e. The lowest BCUT2D eigenvalue weighted by atomic mass is 9.59. The highest BCUT2D eigenvalue weighted by atomic mass is 79.9. The summed E-state index contributed by atoms with van der Waals surface area (Å²) in [5, 5.41) is 0. The van der Waals surface area contributed by atoms with Crippen LogP contribution in [0.25, 0.3) is 0 Å². The fourth-order valence-electron chi connectivity index (χ4n) is 4.49. The number of fused-ring (bicyclic) bond motifs is 2. The van der Waals surface area contributed by atoms with E-state index < -0.39 is 5.41 Å². The first-order valence-corrected chi connectivity index (χ1v) is 10.1. The molecule has 2 heteroatoms. The molecule has 0 spiro atoms. The molecule has 0 aliphatic heterocycles. The van der Waals surface area contributed by atoms with E-state index in [0.717, 1.165) is 37.9 Å². The second kappa shape index (κ2) is 6.57. The van der Waals surface area contributed by atoms with Crippen LogP contribution < -0.4 is 0 Å². The van der Waals surface area contributed by atoms with Gasteiger partial charge in [0.25, 0.3) is 0 Å². The second-order valence-corrected chi connectivity index (χ2v) is 7.96. The number of rotatable bonds is 2. The molecule has 0 fully saturated rings. The smallest absolute Gasteiger partial charge is 0.193 e. The number of halogens is 1. The molecule has 0 saturated carbocycles. The Morgan fingerprint density at radius 2 is 1.11 bits per heavy atom. The molecule has 0 bridgehead atoms. The van der Waals surface area contributed by atoms with Crippen molar-refractivity contribution in [3.05, 3.63) is 141 Å². The molecule has 134 valence electrons. The van der Waals surface area contributed by atoms with Crippen LogP contribution in [0, 0.1) is 0 Å². The molecule has 0 aromatic heterocycles. The fourth-order valence-corrected chi connectivity index (χ4v) is 4.85. The van der Waals surface area contributed by atoms with Crippen LogP contribution in [0.5, 0.6) is 0 Å². The van der Waals surface area contributed by atoms with Crippen LogP contribution in [0.15, 0.2) is 108 Å². The van der Waals surface area contributed by atoms with Crippen LogP contribution in [-0.2, 0) is 5.41 Å². The summed E-state index contributed by atoms with van der Waals surface area (Å²) in [4.78, 5) is 13.4. The molecule has 0 N–H and O–H groups in total. The van der Waals surface area contributed by atoms with Crippen molar-refractivity contribution in [2.24, 2.45) is 0 Å². The second-order valence-electron chi connectivity index (χ2n) is 7.05. The number of benzene rings is 4. The zero-order chi connectivity index (χ0) is 19.1. The van der Waals surface area contributed by atoms with Crippen LogP contribution in [0.1, 0.15) is 38.2 Å². The average Bonchev–Trinajstić information content (AvgIpc) is 2.76. The van der Waals surface area contributed by atoms with E-state index in [9.17, 15) is 4.79 Å². The molecule has 4 aromatic rings. The standard InChI is InChI=1S/C26H17BrO/c27-20-15-16-22-24(17-20)26(18-9-3-1-4-10-18,19-11-5-2-6-12-19)23-14-8-7-13-21(23)25(22)28/h1-17H. The summed E-state index contributed by atoms with van der Waals surface area (Å²) < 4.78 is 0.967. The first-order valence-electron chi connectivity index (χ1n) is 9.28. The molecule has 28 heavy (non-hydrogen) atoms. The number of hydrogen-bond donors (Lipinski definition) is 0. The Balaban J connectivity index is 2.02. The van der Waals surface area contributed by atoms with E-state index in [0.29, 0.717) is 0 Å². The lowest BCUT2D eigenvalue weighted by molar-refractivity contribution is 0.103. The van der Waals surface area contributed by atoms with E-state index in [1.54, 1.807) is 0 Å². The highest BCUT2D eigenvalue weighted by Crippen LogP contribution is 2.51. The molecule has 4 aromatic carbocycles. The molecule has 0 heterocycles. The van der Waals surface area contributed by atoms with Gasteiger partial charge in [0, 0.05) is 15.6 Å². The Labute approximate surface area is 172 Å². The third kappa shape index (κ3) is 2.35. The van der Waals surface area contributed by atoms with Gasteiger partial charge in [-0.1, -0.05) is 101 Å². The van der Waals surface area contributed by atoms with Gasteiger partial charge in [-0.2, -0.15) is 0 Å². The largest absolute Gasteiger partial charge is 0.289 e. The predicted octanol–water partition coefficient (Wildman–Crippen LogP) is 6.38. The molecule has 1 aliphatic rings. The number of carbonyl (C=O) groups excluding carboxylic acids is 1. The van der Waals surface area contributed by atoms with E-state index >= 15 is 0 Å². The van der Waals surface area contributed by atoms with Crippen LogP contribution in [0.2, 0.25) is 0 Å². The maximum absolute atomic E-state index is 13.4. The molecular weight excluding hydrogens is 408 g/mol. The first kappa shape index (κ1) is 17.2. The fraction of sp³-hybridized carbons (Fsp3) is 0.0385. The van der Waals surface area contributed by atoms with Gasteiger partial charge in [-0.3, -0.25) is 4.79 Å². The Kier molecular flexibility index (Phi) is 4.03. The Morgan fingerprint density at radius 1 is 0.571 bits per heavy atom. The summed E-state index contributed by atoms with van der Waals surface area (Å²) in [6.45, 7) is 0. The zero-order valence-electron chi connectivity index (χ0n) is 15.1. The van der Waals surface area contributed by atoms with Gasteiger partial charge in [-0.15, -0.1) is 0 Å². The highest BCUT2D eigenvalue weighted by Gasteiger charge is 2.46. The molecule has 0 atom stereocenters. The van der Waals surface area contributed by atoms with Gasteiger partial charge < -0.3 is 0 Å². The summed E-state index contributed by atoms with van der Waals surface area (Å²) in [5.41, 5.74) is 5.33. The Morgan fingerprint density at radius 3 is 1.75 bits per heavy atom. The number of hydrogen-bond acceptors (Lipinski definition) is 1. The molecule has 1 nitrogen and oxygen atoms in total. The van der Waals surface area contributed by atoms with Crippen molar-refractivity contribution in [1.82, 2.24) is 0 Å². The summed E-state index contributed by atoms with van der Waals surface area (Å²) in [6, 6.07) is 35.0. The predicted molar refractivity (Wildman–Crippen MR) is 116 cm³/mol. The van der Waals surface area contributed by atoms with E-state index in [-0.39, 0.29) is 5.78 Å². The third-order valence-corrected chi connectivity index (χ3v) is 6.11. The quantitative estimate of drug-likeness (QED) is 0.321. The minimum absolute atomic E-state index is 0.0839. The van der Waals surface area contributed by atoms with Gasteiger partial charge >= 0.3 is 0 Å². The van der Waals surface area contributed by atoms with Crippen molar-refractivity contribution < 1.29 is 4.79 Å². The van der Waals surface area contributed by atoms with E-state index in [1.807, 2.05) is 42.5 Å². The highest BCUT2D eigenvalue weighted by molar-refractivity contribution is 9.10. The molecule has 0 saturated heterocycles. The minimum atomic E-state index is -0.549. The molecule has 0 unspecified atom stereocenters. The van der Waals surface area contributed by atoms with E-state index in [1.165, 1.54) is 0 Å². The topological polar surface area (TPSA) is 17.1 Å². The van der Waals surface area contributed by atoms with E-state index in [2.05, 4.69) is 76.6 Å². The summed E-state index contributed by atoms with van der Waals surface area (Å²) in [7, 11) is 0. The lowest BCUT2D eigenvalue weighted by Crippen LogP contribution is -2.38. The van der Waals surface area contributed by atoms with Crippen molar-refractivity contribution in [2.75, 3.05) is 0 Å². The van der Waals surface area contributed by atoms with Gasteiger partial charge in [-0.05, 0) is 40.5 Å². The Bertz CT molecular complexity index is 1140. The van der Waals surface area contributed by atoms with Crippen LogP contribution in [-0.4, -0.2) is 5.78 Å². The van der Waals surface area contributed by atoms with E-state index in [4.69, 9.17) is 0 Å². The van der Waals surface area contributed by atoms with Gasteiger partial charge in [-0.25, -0.2) is 0 Å². The van der Waals surface area contributed by atoms with Crippen molar-refractivity contribution in [3.8, 4) is 0 Å². The van der Waals surface area contributed by atoms with Gasteiger partial charge in [0.2, 0.25) is 0 Å². The molecule has 1 aliphatic carbocycles. The molecular formula is C26H17BrO. The molecule has 5 rings (SSSR count). The normalized spacial score (nSPS) is 14.2. The van der Waals surface area contributed by atoms with Gasteiger partial charge in [0.1, 0.15) is 0 Å². The third-order valence-electron chi connectivity index (χ3n) is 5.62. The van der Waals surface area contributed by atoms with Gasteiger partial charge in [0.05, 0.1) is 5.41 Å². The first-order chi connectivity index (χ1) is 13.7. The summed E-state index contributed by atoms with van der Waals surface area (Å²) in [6.07, 6.45) is 0. The zero-order valence-corrected chi connectivity index (χ0v) is 16.7. The van der Waals surface area contributed by atoms with Crippen LogP contribution >= 0.6 is 15.9 Å². The molecule has 0 amide bonds. The van der Waals surface area contributed by atoms with Gasteiger partial charge in [0.15, 0.2) is 5.78 Å². The maximum Gasteiger partial charge on any atom is 0.193 e. The SMILES string of the molecule is O=C1c2ccccc2C(c2ccccc2)(c2ccccc2)c2cc(Br)ccc21. The number of ketones is 1. The summed E-state index contributed by atoms with van der Waals surface area (Å²) in [5.74, 6) is 0.0839. The number of carbonyl (C=O) groups is 1. The van der Waals surface area contributed by atoms with Crippen molar-refractivity contribution in [1.29, 1.82) is 0 Å². The molecule has 0 radical (unpaired) electrons. The average molecular weight is 425 g/mol. The van der Waals surface area contributed by atoms with Crippen molar-refractivity contribution >= 4 is 21.7 Å². The maximum atomic E-state index is 13.4. The lowest BCUT2D eigenvalue weighted by Gasteiger charge is -2.41. The van der Waals surface area contributed by atoms with Crippen LogP contribution in [0.3, 0.4) is 0 Å². The van der Waals surface area contributed by atoms with Crippen LogP contribution in [0.4, 0.5) is 0 Å². The Hall–Kier alpha value is -2.97. The summed E-state index contributed by atoms with van der Waals surface area (Å²) >= 11 is 3.64.